The molecule has 106 valence electrons. The monoisotopic (exact) mass is 274 g/mol. The van der Waals surface area contributed by atoms with E-state index in [-0.39, 0.29) is 11.8 Å². The van der Waals surface area contributed by atoms with Crippen molar-refractivity contribution in [1.29, 1.82) is 0 Å². The van der Waals surface area contributed by atoms with Crippen LogP contribution < -0.4 is 10.1 Å². The molecule has 5 nitrogen and oxygen atoms in total. The lowest BCUT2D eigenvalue weighted by Crippen LogP contribution is -2.32. The van der Waals surface area contributed by atoms with Crippen molar-refractivity contribution in [3.05, 3.63) is 36.0 Å². The molecular formula is C15H18N2O3. The van der Waals surface area contributed by atoms with E-state index in [2.05, 4.69) is 5.32 Å². The van der Waals surface area contributed by atoms with Crippen LogP contribution in [0.25, 0.3) is 0 Å². The van der Waals surface area contributed by atoms with Gasteiger partial charge in [0.1, 0.15) is 11.4 Å². The van der Waals surface area contributed by atoms with Gasteiger partial charge in [0.25, 0.3) is 11.8 Å². The minimum atomic E-state index is -0.265. The Hall–Kier alpha value is -2.30. The summed E-state index contributed by atoms with van der Waals surface area (Å²) in [4.78, 5) is 25.1. The quantitative estimate of drug-likeness (QED) is 0.808. The molecule has 0 saturated heterocycles. The number of hydrogen-bond donors (Lipinski definition) is 1. The summed E-state index contributed by atoms with van der Waals surface area (Å²) < 4.78 is 5.07. The summed E-state index contributed by atoms with van der Waals surface area (Å²) in [7, 11) is 1.59. The van der Waals surface area contributed by atoms with Crippen molar-refractivity contribution in [2.24, 2.45) is 0 Å². The Balaban J connectivity index is 2.04. The molecule has 1 aliphatic rings. The van der Waals surface area contributed by atoms with Crippen molar-refractivity contribution < 1.29 is 14.3 Å². The predicted octanol–water partition coefficient (Wildman–Crippen LogP) is 2.16. The Kier molecular flexibility index (Phi) is 4.40. The van der Waals surface area contributed by atoms with E-state index in [0.717, 1.165) is 24.3 Å². The molecule has 1 aromatic carbocycles. The van der Waals surface area contributed by atoms with Gasteiger partial charge >= 0.3 is 0 Å². The molecule has 0 saturated carbocycles. The summed E-state index contributed by atoms with van der Waals surface area (Å²) in [6.45, 7) is 2.49. The zero-order chi connectivity index (χ0) is 14.5. The standard InChI is InChI=1S/C15H18N2O3/c1-3-4-9-17-14(18)10-13(15(17)19)16-11-5-7-12(20-2)8-6-11/h5-8,10,16H,3-4,9H2,1-2H3. The number of nitrogens with zero attached hydrogens (tertiary/aromatic N) is 1. The highest BCUT2D eigenvalue weighted by Gasteiger charge is 2.30. The molecule has 0 spiro atoms. The summed E-state index contributed by atoms with van der Waals surface area (Å²) in [5.74, 6) is 0.224. The number of ether oxygens (including phenoxy) is 1. The minimum Gasteiger partial charge on any atom is -0.497 e. The largest absolute Gasteiger partial charge is 0.497 e. The molecule has 0 fully saturated rings. The van der Waals surface area contributed by atoms with Gasteiger partial charge in [0.15, 0.2) is 0 Å². The maximum atomic E-state index is 12.1. The maximum absolute atomic E-state index is 12.1. The number of unbranched alkanes of at least 4 members (excludes halogenated alkanes) is 1. The highest BCUT2D eigenvalue weighted by molar-refractivity contribution is 6.17. The van der Waals surface area contributed by atoms with Crippen LogP contribution in [0.15, 0.2) is 36.0 Å². The number of methoxy groups -OCH3 is 1. The maximum Gasteiger partial charge on any atom is 0.277 e. The fraction of sp³-hybridized carbons (Fsp3) is 0.333. The van der Waals surface area contributed by atoms with Crippen LogP contribution in [0.4, 0.5) is 5.69 Å². The number of imide groups is 1. The van der Waals surface area contributed by atoms with Gasteiger partial charge in [0.05, 0.1) is 7.11 Å². The first-order chi connectivity index (χ1) is 9.65. The van der Waals surface area contributed by atoms with E-state index in [4.69, 9.17) is 4.74 Å². The van der Waals surface area contributed by atoms with E-state index >= 15 is 0 Å². The first-order valence-electron chi connectivity index (χ1n) is 6.64. The lowest BCUT2D eigenvalue weighted by Gasteiger charge is -2.14. The van der Waals surface area contributed by atoms with Gasteiger partial charge in [-0.1, -0.05) is 13.3 Å². The summed E-state index contributed by atoms with van der Waals surface area (Å²) in [5.41, 5.74) is 1.06. The molecular weight excluding hydrogens is 256 g/mol. The van der Waals surface area contributed by atoms with Crippen LogP contribution in [0.3, 0.4) is 0 Å². The van der Waals surface area contributed by atoms with Crippen LogP contribution >= 0.6 is 0 Å². The van der Waals surface area contributed by atoms with Crippen LogP contribution in [0.2, 0.25) is 0 Å². The zero-order valence-electron chi connectivity index (χ0n) is 11.7. The Morgan fingerprint density at radius 1 is 1.20 bits per heavy atom. The molecule has 20 heavy (non-hydrogen) atoms. The van der Waals surface area contributed by atoms with Gasteiger partial charge in [-0.15, -0.1) is 0 Å². The molecule has 1 heterocycles. The Labute approximate surface area is 118 Å². The number of benzene rings is 1. The number of carbonyl (C=O) groups is 2. The average Bonchev–Trinajstić information content (AvgIpc) is 2.72. The van der Waals surface area contributed by atoms with E-state index in [1.54, 1.807) is 31.4 Å². The molecule has 2 rings (SSSR count). The third-order valence-electron chi connectivity index (χ3n) is 3.11. The molecule has 0 aliphatic carbocycles. The van der Waals surface area contributed by atoms with Crippen molar-refractivity contribution in [2.75, 3.05) is 19.0 Å². The predicted molar refractivity (Wildman–Crippen MR) is 76.3 cm³/mol. The van der Waals surface area contributed by atoms with Crippen LogP contribution in [0, 0.1) is 0 Å². The SMILES string of the molecule is CCCCN1C(=O)C=C(Nc2ccc(OC)cc2)C1=O. The first kappa shape index (κ1) is 14.1. The average molecular weight is 274 g/mol. The molecule has 0 aromatic heterocycles. The van der Waals surface area contributed by atoms with E-state index in [0.29, 0.717) is 12.2 Å². The molecule has 0 radical (unpaired) electrons. The number of nitrogens with one attached hydrogen (secondary N) is 1. The van der Waals surface area contributed by atoms with Gasteiger partial charge in [-0.3, -0.25) is 14.5 Å². The van der Waals surface area contributed by atoms with Crippen LogP contribution in [-0.2, 0) is 9.59 Å². The van der Waals surface area contributed by atoms with Gasteiger partial charge in [0.2, 0.25) is 0 Å². The van der Waals surface area contributed by atoms with Gasteiger partial charge in [-0.25, -0.2) is 0 Å². The van der Waals surface area contributed by atoms with E-state index in [1.165, 1.54) is 11.0 Å². The van der Waals surface area contributed by atoms with Gasteiger partial charge < -0.3 is 10.1 Å². The number of anilines is 1. The smallest absolute Gasteiger partial charge is 0.277 e. The Morgan fingerprint density at radius 3 is 2.50 bits per heavy atom. The van der Waals surface area contributed by atoms with Crippen molar-refractivity contribution in [3.8, 4) is 5.75 Å². The van der Waals surface area contributed by atoms with Gasteiger partial charge in [0, 0.05) is 18.3 Å². The third kappa shape index (κ3) is 2.99. The minimum absolute atomic E-state index is 0.250. The fourth-order valence-electron chi connectivity index (χ4n) is 1.96. The number of rotatable bonds is 6. The molecule has 1 aromatic rings. The summed E-state index contributed by atoms with van der Waals surface area (Å²) in [6, 6.07) is 7.18. The molecule has 5 heteroatoms. The van der Waals surface area contributed by atoms with Crippen molar-refractivity contribution in [2.45, 2.75) is 19.8 Å². The fourth-order valence-corrected chi connectivity index (χ4v) is 1.96. The molecule has 0 atom stereocenters. The number of hydrogen-bond acceptors (Lipinski definition) is 4. The molecule has 2 amide bonds. The summed E-state index contributed by atoms with van der Waals surface area (Å²) in [6.07, 6.45) is 3.11. The second-order valence-electron chi connectivity index (χ2n) is 4.56. The first-order valence-corrected chi connectivity index (χ1v) is 6.64. The van der Waals surface area contributed by atoms with E-state index in [9.17, 15) is 9.59 Å². The lowest BCUT2D eigenvalue weighted by atomic mass is 10.3. The zero-order valence-corrected chi connectivity index (χ0v) is 11.7. The highest BCUT2D eigenvalue weighted by Crippen LogP contribution is 2.20. The Bertz CT molecular complexity index is 535. The van der Waals surface area contributed by atoms with Crippen LogP contribution in [0.1, 0.15) is 19.8 Å². The molecule has 0 bridgehead atoms. The summed E-state index contributed by atoms with van der Waals surface area (Å²) >= 11 is 0. The number of carbonyl (C=O) groups excluding carboxylic acids is 2. The number of amides is 2. The van der Waals surface area contributed by atoms with Crippen molar-refractivity contribution in [1.82, 2.24) is 4.90 Å². The highest BCUT2D eigenvalue weighted by atomic mass is 16.5. The normalized spacial score (nSPS) is 14.5. The topological polar surface area (TPSA) is 58.6 Å². The second kappa shape index (κ2) is 6.23. The molecule has 1 N–H and O–H groups in total. The van der Waals surface area contributed by atoms with Crippen molar-refractivity contribution in [3.63, 3.8) is 0 Å². The lowest BCUT2D eigenvalue weighted by molar-refractivity contribution is -0.137. The summed E-state index contributed by atoms with van der Waals surface area (Å²) in [5, 5.41) is 2.97. The van der Waals surface area contributed by atoms with Crippen LogP contribution in [0.5, 0.6) is 5.75 Å². The second-order valence-corrected chi connectivity index (χ2v) is 4.56. The van der Waals surface area contributed by atoms with Crippen molar-refractivity contribution >= 4 is 17.5 Å². The molecule has 0 unspecified atom stereocenters. The van der Waals surface area contributed by atoms with Gasteiger partial charge in [-0.2, -0.15) is 0 Å². The van der Waals surface area contributed by atoms with E-state index < -0.39 is 0 Å². The third-order valence-corrected chi connectivity index (χ3v) is 3.11. The van der Waals surface area contributed by atoms with Gasteiger partial charge in [-0.05, 0) is 30.7 Å². The Morgan fingerprint density at radius 2 is 1.90 bits per heavy atom. The molecule has 1 aliphatic heterocycles. The van der Waals surface area contributed by atoms with E-state index in [1.807, 2.05) is 6.92 Å². The van der Waals surface area contributed by atoms with Crippen LogP contribution in [-0.4, -0.2) is 30.4 Å².